The van der Waals surface area contributed by atoms with Crippen LogP contribution in [0.15, 0.2) is 28.7 Å². The van der Waals surface area contributed by atoms with Gasteiger partial charge in [-0.25, -0.2) is 0 Å². The first-order chi connectivity index (χ1) is 9.02. The molecule has 1 aliphatic rings. The summed E-state index contributed by atoms with van der Waals surface area (Å²) in [6, 6.07) is 7.89. The summed E-state index contributed by atoms with van der Waals surface area (Å²) in [6.45, 7) is 1.58. The Labute approximate surface area is 106 Å². The second-order valence-electron chi connectivity index (χ2n) is 4.41. The highest BCUT2D eigenvalue weighted by molar-refractivity contribution is 5.30. The van der Waals surface area contributed by atoms with Gasteiger partial charge in [0.2, 0.25) is 5.89 Å². The second kappa shape index (κ2) is 4.34. The zero-order valence-electron chi connectivity index (χ0n) is 9.81. The van der Waals surface area contributed by atoms with Gasteiger partial charge in [0.1, 0.15) is 0 Å². The minimum absolute atomic E-state index is 0.0138. The van der Waals surface area contributed by atoms with Crippen LogP contribution in [0.5, 0.6) is 0 Å². The van der Waals surface area contributed by atoms with Crippen molar-refractivity contribution in [3.8, 4) is 0 Å². The Hall–Kier alpha value is -1.89. The van der Waals surface area contributed by atoms with Crippen LogP contribution in [0.1, 0.15) is 22.9 Å². The third kappa shape index (κ3) is 2.46. The largest absolute Gasteiger partial charge is 0.470 e. The van der Waals surface area contributed by atoms with Crippen LogP contribution in [0.2, 0.25) is 0 Å². The second-order valence-corrected chi connectivity index (χ2v) is 4.41. The maximum absolute atomic E-state index is 12.3. The standard InChI is InChI=1S/C12H10F3N3O/c13-12(14,15)11-17-16-10(19-11)7-18-5-8-3-1-2-4-9(8)6-18/h1-4H,5-7H2. The van der Waals surface area contributed by atoms with E-state index in [1.54, 1.807) is 0 Å². The van der Waals surface area contributed by atoms with Crippen LogP contribution in [0.25, 0.3) is 0 Å². The van der Waals surface area contributed by atoms with Gasteiger partial charge in [0.25, 0.3) is 0 Å². The van der Waals surface area contributed by atoms with Crippen molar-refractivity contribution in [3.63, 3.8) is 0 Å². The Balaban J connectivity index is 1.70. The van der Waals surface area contributed by atoms with Gasteiger partial charge in [0.15, 0.2) is 0 Å². The predicted octanol–water partition coefficient (Wildman–Crippen LogP) is 2.60. The van der Waals surface area contributed by atoms with E-state index in [2.05, 4.69) is 14.6 Å². The number of hydrogen-bond donors (Lipinski definition) is 0. The number of nitrogens with zero attached hydrogens (tertiary/aromatic N) is 3. The van der Waals surface area contributed by atoms with Gasteiger partial charge in [0.05, 0.1) is 6.54 Å². The molecule has 0 fully saturated rings. The fourth-order valence-corrected chi connectivity index (χ4v) is 2.14. The van der Waals surface area contributed by atoms with Crippen LogP contribution in [0, 0.1) is 0 Å². The molecule has 0 spiro atoms. The molecule has 0 atom stereocenters. The third-order valence-corrected chi connectivity index (χ3v) is 2.97. The average molecular weight is 269 g/mol. The molecule has 0 N–H and O–H groups in total. The Bertz CT molecular complexity index is 569. The molecule has 0 unspecified atom stereocenters. The molecule has 1 aliphatic heterocycles. The van der Waals surface area contributed by atoms with Gasteiger partial charge in [0, 0.05) is 13.1 Å². The third-order valence-electron chi connectivity index (χ3n) is 2.97. The smallest absolute Gasteiger partial charge is 0.416 e. The van der Waals surface area contributed by atoms with Crippen LogP contribution in [-0.4, -0.2) is 15.1 Å². The van der Waals surface area contributed by atoms with E-state index in [1.165, 1.54) is 11.1 Å². The lowest BCUT2D eigenvalue weighted by molar-refractivity contribution is -0.157. The number of benzene rings is 1. The van der Waals surface area contributed by atoms with Crippen LogP contribution < -0.4 is 0 Å². The summed E-state index contributed by atoms with van der Waals surface area (Å²) >= 11 is 0. The molecule has 3 rings (SSSR count). The molecule has 0 aliphatic carbocycles. The van der Waals surface area contributed by atoms with Crippen LogP contribution in [0.3, 0.4) is 0 Å². The first-order valence-corrected chi connectivity index (χ1v) is 5.71. The van der Waals surface area contributed by atoms with Crippen molar-refractivity contribution in [2.45, 2.75) is 25.8 Å². The molecular formula is C12H10F3N3O. The summed E-state index contributed by atoms with van der Waals surface area (Å²) in [6.07, 6.45) is -4.58. The maximum Gasteiger partial charge on any atom is 0.470 e. The van der Waals surface area contributed by atoms with E-state index in [9.17, 15) is 13.2 Å². The summed E-state index contributed by atoms with van der Waals surface area (Å²) in [7, 11) is 0. The quantitative estimate of drug-likeness (QED) is 0.840. The molecule has 100 valence electrons. The van der Waals surface area contributed by atoms with E-state index in [1.807, 2.05) is 29.2 Å². The van der Waals surface area contributed by atoms with Crippen molar-refractivity contribution in [1.29, 1.82) is 0 Å². The summed E-state index contributed by atoms with van der Waals surface area (Å²) in [5.74, 6) is -1.31. The van der Waals surface area contributed by atoms with E-state index < -0.39 is 12.1 Å². The normalized spacial score (nSPS) is 15.7. The monoisotopic (exact) mass is 269 g/mol. The van der Waals surface area contributed by atoms with Crippen molar-refractivity contribution in [1.82, 2.24) is 15.1 Å². The zero-order valence-corrected chi connectivity index (χ0v) is 9.81. The van der Waals surface area contributed by atoms with Gasteiger partial charge >= 0.3 is 12.1 Å². The molecule has 7 heteroatoms. The summed E-state index contributed by atoms with van der Waals surface area (Å²) in [5.41, 5.74) is 2.36. The van der Waals surface area contributed by atoms with E-state index >= 15 is 0 Å². The lowest BCUT2D eigenvalue weighted by atomic mass is 10.1. The highest BCUT2D eigenvalue weighted by Gasteiger charge is 2.38. The van der Waals surface area contributed by atoms with Gasteiger partial charge in [-0.2, -0.15) is 13.2 Å². The maximum atomic E-state index is 12.3. The SMILES string of the molecule is FC(F)(F)c1nnc(CN2Cc3ccccc3C2)o1. The molecule has 2 aromatic rings. The first kappa shape index (κ1) is 12.2. The fourth-order valence-electron chi connectivity index (χ4n) is 2.14. The summed E-state index contributed by atoms with van der Waals surface area (Å²) in [4.78, 5) is 1.96. The van der Waals surface area contributed by atoms with Gasteiger partial charge < -0.3 is 4.42 Å². The van der Waals surface area contributed by atoms with E-state index in [0.717, 1.165) is 0 Å². The summed E-state index contributed by atoms with van der Waals surface area (Å²) < 4.78 is 41.6. The molecule has 4 nitrogen and oxygen atoms in total. The molecule has 0 radical (unpaired) electrons. The number of alkyl halides is 3. The van der Waals surface area contributed by atoms with Gasteiger partial charge in [-0.3, -0.25) is 4.90 Å². The highest BCUT2D eigenvalue weighted by Crippen LogP contribution is 2.29. The van der Waals surface area contributed by atoms with Crippen LogP contribution >= 0.6 is 0 Å². The molecular weight excluding hydrogens is 259 g/mol. The lowest BCUT2D eigenvalue weighted by Gasteiger charge is -2.10. The number of aromatic nitrogens is 2. The Morgan fingerprint density at radius 2 is 1.74 bits per heavy atom. The summed E-state index contributed by atoms with van der Waals surface area (Å²) in [5, 5.41) is 6.44. The minimum Gasteiger partial charge on any atom is -0.416 e. The fraction of sp³-hybridized carbons (Fsp3) is 0.333. The average Bonchev–Trinajstić information content (AvgIpc) is 2.94. The van der Waals surface area contributed by atoms with Gasteiger partial charge in [-0.05, 0) is 11.1 Å². The molecule has 1 aromatic carbocycles. The van der Waals surface area contributed by atoms with Crippen molar-refractivity contribution in [2.24, 2.45) is 0 Å². The van der Waals surface area contributed by atoms with Crippen LogP contribution in [-0.2, 0) is 25.8 Å². The van der Waals surface area contributed by atoms with E-state index in [0.29, 0.717) is 13.1 Å². The Morgan fingerprint density at radius 1 is 1.11 bits per heavy atom. The molecule has 0 amide bonds. The predicted molar refractivity (Wildman–Crippen MR) is 58.7 cm³/mol. The molecule has 2 heterocycles. The Morgan fingerprint density at radius 3 is 2.26 bits per heavy atom. The number of rotatable bonds is 2. The minimum atomic E-state index is -4.58. The lowest BCUT2D eigenvalue weighted by Crippen LogP contribution is -2.15. The van der Waals surface area contributed by atoms with Gasteiger partial charge in [-0.15, -0.1) is 10.2 Å². The van der Waals surface area contributed by atoms with Crippen molar-refractivity contribution in [3.05, 3.63) is 47.2 Å². The highest BCUT2D eigenvalue weighted by atomic mass is 19.4. The van der Waals surface area contributed by atoms with Crippen molar-refractivity contribution >= 4 is 0 Å². The number of fused-ring (bicyclic) bond motifs is 1. The number of hydrogen-bond acceptors (Lipinski definition) is 4. The van der Waals surface area contributed by atoms with E-state index in [-0.39, 0.29) is 12.4 Å². The Kier molecular flexibility index (Phi) is 2.78. The van der Waals surface area contributed by atoms with Crippen LogP contribution in [0.4, 0.5) is 13.2 Å². The van der Waals surface area contributed by atoms with Gasteiger partial charge in [-0.1, -0.05) is 24.3 Å². The number of halogens is 3. The molecule has 0 bridgehead atoms. The van der Waals surface area contributed by atoms with Crippen molar-refractivity contribution in [2.75, 3.05) is 0 Å². The first-order valence-electron chi connectivity index (χ1n) is 5.71. The molecule has 0 saturated heterocycles. The van der Waals surface area contributed by atoms with E-state index in [4.69, 9.17) is 0 Å². The zero-order chi connectivity index (χ0) is 13.5. The van der Waals surface area contributed by atoms with Crippen molar-refractivity contribution < 1.29 is 17.6 Å². The molecule has 1 aromatic heterocycles. The molecule has 0 saturated carbocycles. The topological polar surface area (TPSA) is 42.2 Å². The molecule has 19 heavy (non-hydrogen) atoms.